The molecule has 0 bridgehead atoms. The normalized spacial score (nSPS) is 13.6. The molecule has 0 atom stereocenters. The smallest absolute Gasteiger partial charge is 0.266 e. The van der Waals surface area contributed by atoms with E-state index in [-0.39, 0.29) is 16.9 Å². The number of nitriles is 1. The summed E-state index contributed by atoms with van der Waals surface area (Å²) in [5.41, 5.74) is 2.78. The van der Waals surface area contributed by atoms with Crippen molar-refractivity contribution in [2.75, 3.05) is 0 Å². The van der Waals surface area contributed by atoms with Crippen LogP contribution in [0.15, 0.2) is 29.1 Å². The van der Waals surface area contributed by atoms with Crippen LogP contribution in [0.4, 0.5) is 4.39 Å². The van der Waals surface area contributed by atoms with Gasteiger partial charge in [-0.2, -0.15) is 5.26 Å². The van der Waals surface area contributed by atoms with Crippen molar-refractivity contribution < 1.29 is 4.39 Å². The number of nitrogens with one attached hydrogen (secondary N) is 1. The highest BCUT2D eigenvalue weighted by Gasteiger charge is 2.21. The Morgan fingerprint density at radius 2 is 2.05 bits per heavy atom. The maximum atomic E-state index is 13.5. The van der Waals surface area contributed by atoms with E-state index in [9.17, 15) is 14.4 Å². The maximum absolute atomic E-state index is 13.5. The third-order valence-corrected chi connectivity index (χ3v) is 3.74. The van der Waals surface area contributed by atoms with Gasteiger partial charge in [0.15, 0.2) is 0 Å². The first-order chi connectivity index (χ1) is 9.70. The zero-order valence-electron chi connectivity index (χ0n) is 10.9. The number of halogens is 1. The zero-order valence-corrected chi connectivity index (χ0v) is 10.9. The maximum Gasteiger partial charge on any atom is 0.266 e. The summed E-state index contributed by atoms with van der Waals surface area (Å²) in [4.78, 5) is 14.8. The summed E-state index contributed by atoms with van der Waals surface area (Å²) in [6, 6.07) is 8.04. The SMILES string of the molecule is N#Cc1c(-c2cccc(F)c2)c2c([nH]c1=O)CCCC2. The molecule has 1 aromatic carbocycles. The van der Waals surface area contributed by atoms with Crippen LogP contribution in [-0.2, 0) is 12.8 Å². The largest absolute Gasteiger partial charge is 0.325 e. The second-order valence-corrected chi connectivity index (χ2v) is 4.99. The molecule has 0 radical (unpaired) electrons. The molecule has 3 nitrogen and oxygen atoms in total. The van der Waals surface area contributed by atoms with Gasteiger partial charge in [0.2, 0.25) is 0 Å². The minimum absolute atomic E-state index is 0.0799. The first-order valence-electron chi connectivity index (χ1n) is 6.65. The molecule has 4 heteroatoms. The summed E-state index contributed by atoms with van der Waals surface area (Å²) in [6.07, 6.45) is 3.66. The molecule has 0 saturated carbocycles. The van der Waals surface area contributed by atoms with Crippen LogP contribution in [0.5, 0.6) is 0 Å². The molecule has 1 N–H and O–H groups in total. The summed E-state index contributed by atoms with van der Waals surface area (Å²) < 4.78 is 13.5. The van der Waals surface area contributed by atoms with Gasteiger partial charge in [-0.15, -0.1) is 0 Å². The van der Waals surface area contributed by atoms with E-state index < -0.39 is 0 Å². The van der Waals surface area contributed by atoms with E-state index in [1.54, 1.807) is 12.1 Å². The van der Waals surface area contributed by atoms with Gasteiger partial charge in [0.1, 0.15) is 17.4 Å². The van der Waals surface area contributed by atoms with Crippen LogP contribution >= 0.6 is 0 Å². The lowest BCUT2D eigenvalue weighted by Gasteiger charge is -2.20. The summed E-state index contributed by atoms with van der Waals surface area (Å²) in [7, 11) is 0. The van der Waals surface area contributed by atoms with Crippen LogP contribution in [0.25, 0.3) is 11.1 Å². The molecule has 0 unspecified atom stereocenters. The average molecular weight is 268 g/mol. The monoisotopic (exact) mass is 268 g/mol. The van der Waals surface area contributed by atoms with Crippen molar-refractivity contribution in [2.24, 2.45) is 0 Å². The third kappa shape index (κ3) is 2.01. The summed E-state index contributed by atoms with van der Waals surface area (Å²) in [6.45, 7) is 0. The Morgan fingerprint density at radius 1 is 1.25 bits per heavy atom. The molecule has 0 aliphatic heterocycles. The topological polar surface area (TPSA) is 56.6 Å². The van der Waals surface area contributed by atoms with Crippen molar-refractivity contribution in [3.63, 3.8) is 0 Å². The van der Waals surface area contributed by atoms with E-state index in [0.717, 1.165) is 36.9 Å². The molecule has 0 spiro atoms. The molecule has 1 aliphatic rings. The standard InChI is InChI=1S/C16H13FN2O/c17-11-5-3-4-10(8-11)15-12-6-1-2-7-14(12)19-16(20)13(15)9-18/h3-5,8H,1-2,6-7H2,(H,19,20). The number of hydrogen-bond acceptors (Lipinski definition) is 2. The fourth-order valence-electron chi connectivity index (χ4n) is 2.85. The summed E-state index contributed by atoms with van der Waals surface area (Å²) >= 11 is 0. The highest BCUT2D eigenvalue weighted by atomic mass is 19.1. The van der Waals surface area contributed by atoms with Gasteiger partial charge in [-0.05, 0) is 48.9 Å². The van der Waals surface area contributed by atoms with Crippen LogP contribution < -0.4 is 5.56 Å². The van der Waals surface area contributed by atoms with Gasteiger partial charge < -0.3 is 4.98 Å². The van der Waals surface area contributed by atoms with Crippen molar-refractivity contribution >= 4 is 0 Å². The molecule has 2 aromatic rings. The molecule has 3 rings (SSSR count). The molecule has 1 aromatic heterocycles. The minimum atomic E-state index is -0.382. The van der Waals surface area contributed by atoms with E-state index in [1.165, 1.54) is 12.1 Å². The first kappa shape index (κ1) is 12.6. The molecule has 20 heavy (non-hydrogen) atoms. The Kier molecular flexibility index (Phi) is 3.11. The van der Waals surface area contributed by atoms with Gasteiger partial charge >= 0.3 is 0 Å². The summed E-state index contributed by atoms with van der Waals surface area (Å²) in [5.74, 6) is -0.365. The highest BCUT2D eigenvalue weighted by Crippen LogP contribution is 2.31. The first-order valence-corrected chi connectivity index (χ1v) is 6.65. The Hall–Kier alpha value is -2.41. The Balaban J connectivity index is 2.35. The van der Waals surface area contributed by atoms with E-state index in [1.807, 2.05) is 6.07 Å². The van der Waals surface area contributed by atoms with Crippen LogP contribution in [0.2, 0.25) is 0 Å². The molecule has 0 fully saturated rings. The Morgan fingerprint density at radius 3 is 2.80 bits per heavy atom. The van der Waals surface area contributed by atoms with Gasteiger partial charge in [-0.25, -0.2) is 4.39 Å². The van der Waals surface area contributed by atoms with Crippen molar-refractivity contribution in [3.8, 4) is 17.2 Å². The molecule has 0 saturated heterocycles. The van der Waals surface area contributed by atoms with E-state index in [0.29, 0.717) is 11.1 Å². The van der Waals surface area contributed by atoms with Crippen LogP contribution in [0, 0.1) is 17.1 Å². The molecule has 1 heterocycles. The van der Waals surface area contributed by atoms with Crippen molar-refractivity contribution in [2.45, 2.75) is 25.7 Å². The quantitative estimate of drug-likeness (QED) is 0.864. The number of rotatable bonds is 1. The number of fused-ring (bicyclic) bond motifs is 1. The number of pyridine rings is 1. The molecular formula is C16H13FN2O. The minimum Gasteiger partial charge on any atom is -0.325 e. The number of benzene rings is 1. The fraction of sp³-hybridized carbons (Fsp3) is 0.250. The van der Waals surface area contributed by atoms with Gasteiger partial charge in [-0.3, -0.25) is 4.79 Å². The lowest BCUT2D eigenvalue weighted by molar-refractivity contribution is 0.628. The number of nitrogens with zero attached hydrogens (tertiary/aromatic N) is 1. The number of aryl methyl sites for hydroxylation is 1. The second kappa shape index (κ2) is 4.93. The van der Waals surface area contributed by atoms with Gasteiger partial charge in [0.05, 0.1) is 0 Å². The Bertz CT molecular complexity index is 771. The fourth-order valence-corrected chi connectivity index (χ4v) is 2.85. The average Bonchev–Trinajstić information content (AvgIpc) is 2.45. The number of hydrogen-bond donors (Lipinski definition) is 1. The second-order valence-electron chi connectivity index (χ2n) is 4.99. The molecule has 100 valence electrons. The predicted molar refractivity (Wildman–Crippen MR) is 73.8 cm³/mol. The van der Waals surface area contributed by atoms with Gasteiger partial charge in [0.25, 0.3) is 5.56 Å². The van der Waals surface area contributed by atoms with Gasteiger partial charge in [0, 0.05) is 11.3 Å². The molecular weight excluding hydrogens is 255 g/mol. The van der Waals surface area contributed by atoms with E-state index in [4.69, 9.17) is 0 Å². The Labute approximate surface area is 115 Å². The molecule has 1 aliphatic carbocycles. The van der Waals surface area contributed by atoms with Crippen molar-refractivity contribution in [3.05, 3.63) is 57.3 Å². The van der Waals surface area contributed by atoms with E-state index in [2.05, 4.69) is 4.98 Å². The molecule has 0 amide bonds. The lowest BCUT2D eigenvalue weighted by atomic mass is 9.87. The highest BCUT2D eigenvalue weighted by molar-refractivity contribution is 5.74. The number of aromatic amines is 1. The summed E-state index contributed by atoms with van der Waals surface area (Å²) in [5, 5.41) is 9.27. The van der Waals surface area contributed by atoms with Crippen LogP contribution in [0.3, 0.4) is 0 Å². The van der Waals surface area contributed by atoms with Crippen molar-refractivity contribution in [1.82, 2.24) is 4.98 Å². The lowest BCUT2D eigenvalue weighted by Crippen LogP contribution is -2.20. The predicted octanol–water partition coefficient (Wildman–Crippen LogP) is 2.93. The van der Waals surface area contributed by atoms with E-state index >= 15 is 0 Å². The number of aromatic nitrogens is 1. The van der Waals surface area contributed by atoms with Crippen LogP contribution in [-0.4, -0.2) is 4.98 Å². The van der Waals surface area contributed by atoms with Crippen molar-refractivity contribution in [1.29, 1.82) is 5.26 Å². The third-order valence-electron chi connectivity index (χ3n) is 3.74. The van der Waals surface area contributed by atoms with Crippen LogP contribution in [0.1, 0.15) is 29.7 Å². The zero-order chi connectivity index (χ0) is 14.1. The number of H-pyrrole nitrogens is 1. The van der Waals surface area contributed by atoms with Gasteiger partial charge in [-0.1, -0.05) is 12.1 Å².